The Balaban J connectivity index is 0.819. The van der Waals surface area contributed by atoms with E-state index in [0.29, 0.717) is 0 Å². The summed E-state index contributed by atoms with van der Waals surface area (Å²) in [7, 11) is 0. The summed E-state index contributed by atoms with van der Waals surface area (Å²) < 4.78 is 9.48. The van der Waals surface area contributed by atoms with E-state index in [2.05, 4.69) is 279 Å². The third-order valence-corrected chi connectivity index (χ3v) is 16.0. The Morgan fingerprint density at radius 3 is 0.919 bits per heavy atom. The lowest BCUT2D eigenvalue weighted by Crippen LogP contribution is -1.88. The van der Waals surface area contributed by atoms with Crippen molar-refractivity contribution in [3.63, 3.8) is 0 Å². The molecule has 0 fully saturated rings. The second-order valence-electron chi connectivity index (χ2n) is 19.2. The zero-order valence-electron chi connectivity index (χ0n) is 40.4. The van der Waals surface area contributed by atoms with E-state index in [4.69, 9.17) is 4.42 Å². The number of furan rings is 1. The summed E-state index contributed by atoms with van der Waals surface area (Å²) >= 11 is 1.90. The van der Waals surface area contributed by atoms with Crippen molar-refractivity contribution in [2.45, 2.75) is 0 Å². The number of hydrogen-bond donors (Lipinski definition) is 0. The van der Waals surface area contributed by atoms with Gasteiger partial charge in [0, 0.05) is 42.1 Å². The number of para-hydroxylation sites is 2. The first-order valence-electron chi connectivity index (χ1n) is 25.3. The Morgan fingerprint density at radius 1 is 0.189 bits per heavy atom. The van der Waals surface area contributed by atoms with Gasteiger partial charge >= 0.3 is 0 Å². The zero-order valence-corrected chi connectivity index (χ0v) is 41.2. The van der Waals surface area contributed by atoms with E-state index in [9.17, 15) is 0 Å². The van der Waals surface area contributed by atoms with Crippen molar-refractivity contribution in [3.8, 4) is 100 Å². The van der Waals surface area contributed by atoms with Crippen LogP contribution in [0.5, 0.6) is 0 Å². The van der Waals surface area contributed by atoms with Crippen LogP contribution >= 0.6 is 11.3 Å². The van der Waals surface area contributed by atoms with E-state index in [1.54, 1.807) is 0 Å². The predicted octanol–water partition coefficient (Wildman–Crippen LogP) is 21.0. The second-order valence-corrected chi connectivity index (χ2v) is 20.2. The SMILES string of the molecule is c1ccc(-c2cc(-c3cccc(-c4cccc(-c5cccc6c5oc5c(-c7ccccc7)cccc56)c4)c3)cc(-c3cccc(-c4cccc(-c5cccc6c5sc5c(-c7ccccc7)cccc56)c4)c3)c2)cc1. The zero-order chi connectivity index (χ0) is 49.0. The van der Waals surface area contributed by atoms with Crippen molar-refractivity contribution in [2.75, 3.05) is 0 Å². The molecule has 2 heterocycles. The van der Waals surface area contributed by atoms with E-state index < -0.39 is 0 Å². The highest BCUT2D eigenvalue weighted by Gasteiger charge is 2.18. The molecule has 2 aromatic heterocycles. The first-order valence-corrected chi connectivity index (χ1v) is 26.1. The predicted molar refractivity (Wildman–Crippen MR) is 316 cm³/mol. The normalized spacial score (nSPS) is 11.5. The molecular formula is C72H46OS. The Kier molecular flexibility index (Phi) is 10.8. The van der Waals surface area contributed by atoms with Gasteiger partial charge in [0.15, 0.2) is 0 Å². The molecule has 0 bridgehead atoms. The quantitative estimate of drug-likeness (QED) is 0.141. The number of benzene rings is 12. The minimum absolute atomic E-state index is 0.904. The minimum atomic E-state index is 0.904. The number of rotatable bonds is 9. The van der Waals surface area contributed by atoms with Gasteiger partial charge in [0.2, 0.25) is 0 Å². The molecule has 0 N–H and O–H groups in total. The van der Waals surface area contributed by atoms with Crippen molar-refractivity contribution in [3.05, 3.63) is 279 Å². The van der Waals surface area contributed by atoms with E-state index in [0.717, 1.165) is 60.9 Å². The van der Waals surface area contributed by atoms with Gasteiger partial charge in [-0.1, -0.05) is 237 Å². The Bertz CT molecular complexity index is 4150. The molecule has 0 spiro atoms. The fourth-order valence-electron chi connectivity index (χ4n) is 11.0. The summed E-state index contributed by atoms with van der Waals surface area (Å²) in [6.07, 6.45) is 0. The van der Waals surface area contributed by atoms with Crippen LogP contribution in [0.1, 0.15) is 0 Å². The topological polar surface area (TPSA) is 13.1 Å². The average molecular weight is 959 g/mol. The van der Waals surface area contributed by atoms with Gasteiger partial charge in [-0.2, -0.15) is 0 Å². The van der Waals surface area contributed by atoms with Crippen LogP contribution in [0.3, 0.4) is 0 Å². The third-order valence-electron chi connectivity index (χ3n) is 14.7. The summed E-state index contributed by atoms with van der Waals surface area (Å²) in [6, 6.07) is 101. The minimum Gasteiger partial charge on any atom is -0.455 e. The van der Waals surface area contributed by atoms with Crippen LogP contribution in [0.2, 0.25) is 0 Å². The summed E-state index contributed by atoms with van der Waals surface area (Å²) in [5, 5.41) is 4.85. The first-order chi connectivity index (χ1) is 36.7. The lowest BCUT2D eigenvalue weighted by molar-refractivity contribution is 0.671. The van der Waals surface area contributed by atoms with Crippen LogP contribution < -0.4 is 0 Å². The van der Waals surface area contributed by atoms with E-state index in [1.807, 2.05) is 11.3 Å². The molecule has 0 aliphatic rings. The summed E-state index contributed by atoms with van der Waals surface area (Å²) in [5.41, 5.74) is 23.0. The maximum Gasteiger partial charge on any atom is 0.143 e. The molecule has 0 aliphatic carbocycles. The van der Waals surface area contributed by atoms with Gasteiger partial charge in [-0.3, -0.25) is 0 Å². The summed E-state index contributed by atoms with van der Waals surface area (Å²) in [5.74, 6) is 0. The van der Waals surface area contributed by atoms with Gasteiger partial charge in [0.1, 0.15) is 11.2 Å². The number of hydrogen-bond acceptors (Lipinski definition) is 2. The highest BCUT2D eigenvalue weighted by atomic mass is 32.1. The first kappa shape index (κ1) is 43.4. The fourth-order valence-corrected chi connectivity index (χ4v) is 12.4. The lowest BCUT2D eigenvalue weighted by Gasteiger charge is -2.14. The highest BCUT2D eigenvalue weighted by molar-refractivity contribution is 7.26. The summed E-state index contributed by atoms with van der Waals surface area (Å²) in [6.45, 7) is 0. The molecule has 0 saturated carbocycles. The van der Waals surface area contributed by atoms with Crippen molar-refractivity contribution in [1.82, 2.24) is 0 Å². The maximum atomic E-state index is 6.84. The number of thiophene rings is 1. The molecule has 1 nitrogen and oxygen atoms in total. The van der Waals surface area contributed by atoms with E-state index in [-0.39, 0.29) is 0 Å². The maximum absolute atomic E-state index is 6.84. The molecule has 0 aliphatic heterocycles. The van der Waals surface area contributed by atoms with Crippen LogP contribution in [-0.2, 0) is 0 Å². The van der Waals surface area contributed by atoms with Crippen LogP contribution in [0.15, 0.2) is 283 Å². The van der Waals surface area contributed by atoms with E-state index >= 15 is 0 Å². The molecule has 0 amide bonds. The van der Waals surface area contributed by atoms with Crippen molar-refractivity contribution in [2.24, 2.45) is 0 Å². The van der Waals surface area contributed by atoms with Gasteiger partial charge in [-0.25, -0.2) is 0 Å². The van der Waals surface area contributed by atoms with Crippen molar-refractivity contribution >= 4 is 53.4 Å². The molecule has 14 aromatic rings. The molecule has 2 heteroatoms. The molecule has 0 atom stereocenters. The van der Waals surface area contributed by atoms with Crippen LogP contribution in [0.25, 0.3) is 142 Å². The van der Waals surface area contributed by atoms with E-state index in [1.165, 1.54) is 81.4 Å². The summed E-state index contributed by atoms with van der Waals surface area (Å²) in [4.78, 5) is 0. The number of fused-ring (bicyclic) bond motifs is 6. The Labute approximate surface area is 434 Å². The fraction of sp³-hybridized carbons (Fsp3) is 0. The van der Waals surface area contributed by atoms with Gasteiger partial charge in [0.05, 0.1) is 0 Å². The molecule has 74 heavy (non-hydrogen) atoms. The molecular weight excluding hydrogens is 913 g/mol. The van der Waals surface area contributed by atoms with Crippen molar-refractivity contribution < 1.29 is 4.42 Å². The molecule has 346 valence electrons. The van der Waals surface area contributed by atoms with Crippen LogP contribution in [0, 0.1) is 0 Å². The van der Waals surface area contributed by atoms with Gasteiger partial charge in [0.25, 0.3) is 0 Å². The Hall–Kier alpha value is -9.34. The third kappa shape index (κ3) is 7.81. The van der Waals surface area contributed by atoms with Crippen molar-refractivity contribution in [1.29, 1.82) is 0 Å². The van der Waals surface area contributed by atoms with Gasteiger partial charge in [-0.05, 0) is 131 Å². The molecule has 0 unspecified atom stereocenters. The smallest absolute Gasteiger partial charge is 0.143 e. The monoisotopic (exact) mass is 958 g/mol. The molecule has 14 rings (SSSR count). The molecule has 12 aromatic carbocycles. The van der Waals surface area contributed by atoms with Crippen LogP contribution in [0.4, 0.5) is 0 Å². The molecule has 0 radical (unpaired) electrons. The molecule has 0 saturated heterocycles. The lowest BCUT2D eigenvalue weighted by atomic mass is 9.90. The largest absolute Gasteiger partial charge is 0.455 e. The second kappa shape index (κ2) is 18.4. The highest BCUT2D eigenvalue weighted by Crippen LogP contribution is 2.45. The van der Waals surface area contributed by atoms with Gasteiger partial charge < -0.3 is 4.42 Å². The standard InChI is InChI=1S/C72H46OS/c1-4-18-47(19-5-1)58-44-59(54-28-10-24-50(40-54)52-26-12-30-56(42-52)62-33-15-37-66-65-36-14-32-61(69(65)73-70(62)66)48-20-6-2-7-21-48)46-60(45-58)55-29-11-25-51(41-55)53-27-13-31-57(43-53)64-35-17-39-68-67-38-16-34-63(71(67)74-72(64)68)49-22-8-3-9-23-49/h1-46H. The Morgan fingerprint density at radius 2 is 0.459 bits per heavy atom. The average Bonchev–Trinajstić information content (AvgIpc) is 4.07. The van der Waals surface area contributed by atoms with Gasteiger partial charge in [-0.15, -0.1) is 11.3 Å². The van der Waals surface area contributed by atoms with Crippen LogP contribution in [-0.4, -0.2) is 0 Å².